The van der Waals surface area contributed by atoms with Gasteiger partial charge in [-0.2, -0.15) is 8.42 Å². The molecule has 0 radical (unpaired) electrons. The molecule has 0 saturated heterocycles. The number of nitrogens with one attached hydrogen (secondary N) is 1. The van der Waals surface area contributed by atoms with Gasteiger partial charge in [-0.1, -0.05) is 5.57 Å². The van der Waals surface area contributed by atoms with Crippen molar-refractivity contribution in [3.63, 3.8) is 0 Å². The highest BCUT2D eigenvalue weighted by molar-refractivity contribution is 7.90. The van der Waals surface area contributed by atoms with Crippen LogP contribution in [0.3, 0.4) is 0 Å². The van der Waals surface area contributed by atoms with Gasteiger partial charge in [0.25, 0.3) is 15.9 Å². The van der Waals surface area contributed by atoms with Gasteiger partial charge in [0.05, 0.1) is 6.20 Å². The number of aromatic nitrogens is 2. The lowest BCUT2D eigenvalue weighted by molar-refractivity contribution is -0.114. The van der Waals surface area contributed by atoms with Crippen molar-refractivity contribution in [1.82, 2.24) is 14.7 Å². The molecule has 0 bridgehead atoms. The third-order valence-corrected chi connectivity index (χ3v) is 3.86. The van der Waals surface area contributed by atoms with Crippen molar-refractivity contribution in [3.8, 4) is 0 Å². The summed E-state index contributed by atoms with van der Waals surface area (Å²) in [4.78, 5) is 18.9. The SMILES string of the molecule is CC(=CC(=O)NS(=O)(=O)c1cnccn1)C1CC1. The Balaban J connectivity index is 2.09. The Bertz CT molecular complexity index is 577. The fraction of sp³-hybridized carbons (Fsp3) is 0.364. The topological polar surface area (TPSA) is 89.0 Å². The summed E-state index contributed by atoms with van der Waals surface area (Å²) in [6.07, 6.45) is 7.15. The molecule has 18 heavy (non-hydrogen) atoms. The number of hydrogen-bond donors (Lipinski definition) is 1. The van der Waals surface area contributed by atoms with Gasteiger partial charge in [0.15, 0.2) is 5.03 Å². The molecule has 0 unspecified atom stereocenters. The fourth-order valence-electron chi connectivity index (χ4n) is 1.50. The summed E-state index contributed by atoms with van der Waals surface area (Å²) < 4.78 is 25.4. The van der Waals surface area contributed by atoms with Gasteiger partial charge in [0.2, 0.25) is 0 Å². The maximum absolute atomic E-state index is 11.7. The van der Waals surface area contributed by atoms with Crippen molar-refractivity contribution >= 4 is 15.9 Å². The molecule has 1 aromatic heterocycles. The van der Waals surface area contributed by atoms with E-state index >= 15 is 0 Å². The first kappa shape index (κ1) is 12.7. The molecule has 1 saturated carbocycles. The summed E-state index contributed by atoms with van der Waals surface area (Å²) in [7, 11) is -3.93. The smallest absolute Gasteiger partial charge is 0.269 e. The summed E-state index contributed by atoms with van der Waals surface area (Å²) in [5, 5.41) is -0.268. The molecule has 0 aromatic carbocycles. The van der Waals surface area contributed by atoms with E-state index in [0.29, 0.717) is 5.92 Å². The van der Waals surface area contributed by atoms with Crippen molar-refractivity contribution in [3.05, 3.63) is 30.2 Å². The van der Waals surface area contributed by atoms with E-state index < -0.39 is 15.9 Å². The molecule has 2 rings (SSSR count). The number of carbonyl (C=O) groups is 1. The van der Waals surface area contributed by atoms with Gasteiger partial charge in [0.1, 0.15) is 0 Å². The molecular formula is C11H13N3O3S. The maximum atomic E-state index is 11.7. The molecule has 7 heteroatoms. The van der Waals surface area contributed by atoms with Crippen molar-refractivity contribution in [2.75, 3.05) is 0 Å². The molecule has 1 aromatic rings. The largest absolute Gasteiger partial charge is 0.283 e. The van der Waals surface area contributed by atoms with Crippen LogP contribution in [0.2, 0.25) is 0 Å². The normalized spacial score (nSPS) is 16.4. The van der Waals surface area contributed by atoms with Crippen LogP contribution < -0.4 is 4.72 Å². The molecule has 96 valence electrons. The first-order valence-electron chi connectivity index (χ1n) is 5.50. The highest BCUT2D eigenvalue weighted by atomic mass is 32.2. The zero-order valence-electron chi connectivity index (χ0n) is 9.83. The van der Waals surface area contributed by atoms with Gasteiger partial charge in [0, 0.05) is 18.5 Å². The Morgan fingerprint density at radius 1 is 1.44 bits per heavy atom. The van der Waals surface area contributed by atoms with Gasteiger partial charge in [-0.3, -0.25) is 9.78 Å². The van der Waals surface area contributed by atoms with Crippen LogP contribution in [0.1, 0.15) is 19.8 Å². The molecule has 0 atom stereocenters. The molecule has 6 nitrogen and oxygen atoms in total. The van der Waals surface area contributed by atoms with Crippen molar-refractivity contribution < 1.29 is 13.2 Å². The summed E-state index contributed by atoms with van der Waals surface area (Å²) in [5.74, 6) is -0.222. The number of hydrogen-bond acceptors (Lipinski definition) is 5. The minimum atomic E-state index is -3.93. The van der Waals surface area contributed by atoms with Crippen LogP contribution in [0.5, 0.6) is 0 Å². The molecule has 0 aliphatic heterocycles. The predicted molar refractivity (Wildman–Crippen MR) is 63.8 cm³/mol. The average Bonchev–Trinajstić information content (AvgIpc) is 3.13. The van der Waals surface area contributed by atoms with Crippen molar-refractivity contribution in [2.24, 2.45) is 5.92 Å². The van der Waals surface area contributed by atoms with Gasteiger partial charge in [-0.15, -0.1) is 0 Å². The van der Waals surface area contributed by atoms with Crippen LogP contribution in [-0.4, -0.2) is 24.3 Å². The van der Waals surface area contributed by atoms with E-state index in [1.165, 1.54) is 18.5 Å². The minimum absolute atomic E-state index is 0.268. The number of carbonyl (C=O) groups excluding carboxylic acids is 1. The summed E-state index contributed by atoms with van der Waals surface area (Å²) >= 11 is 0. The molecule has 1 aliphatic carbocycles. The summed E-state index contributed by atoms with van der Waals surface area (Å²) in [5.41, 5.74) is 0.904. The van der Waals surface area contributed by atoms with E-state index in [9.17, 15) is 13.2 Å². The van der Waals surface area contributed by atoms with Crippen LogP contribution in [0.25, 0.3) is 0 Å². The van der Waals surface area contributed by atoms with Crippen LogP contribution in [0.4, 0.5) is 0 Å². The zero-order chi connectivity index (χ0) is 13.2. The number of sulfonamides is 1. The number of rotatable bonds is 4. The molecule has 1 aliphatic rings. The van der Waals surface area contributed by atoms with Gasteiger partial charge < -0.3 is 0 Å². The van der Waals surface area contributed by atoms with Crippen LogP contribution in [0.15, 0.2) is 35.3 Å². The van der Waals surface area contributed by atoms with Gasteiger partial charge in [-0.25, -0.2) is 9.71 Å². The quantitative estimate of drug-likeness (QED) is 0.808. The van der Waals surface area contributed by atoms with E-state index in [4.69, 9.17) is 0 Å². The highest BCUT2D eigenvalue weighted by Gasteiger charge is 2.24. The monoisotopic (exact) mass is 267 g/mol. The zero-order valence-corrected chi connectivity index (χ0v) is 10.6. The Morgan fingerprint density at radius 2 is 2.17 bits per heavy atom. The molecule has 0 spiro atoms. The maximum Gasteiger partial charge on any atom is 0.283 e. The molecule has 1 amide bonds. The summed E-state index contributed by atoms with van der Waals surface area (Å²) in [6, 6.07) is 0. The third kappa shape index (κ3) is 3.13. The van der Waals surface area contributed by atoms with E-state index in [0.717, 1.165) is 24.6 Å². The third-order valence-electron chi connectivity index (χ3n) is 2.63. The Labute approximate surface area is 105 Å². The standard InChI is InChI=1S/C11H13N3O3S/c1-8(9-2-3-9)6-10(15)14-18(16,17)11-7-12-4-5-13-11/h4-7,9H,2-3H2,1H3,(H,14,15). The lowest BCUT2D eigenvalue weighted by Crippen LogP contribution is -2.30. The number of amides is 1. The predicted octanol–water partition coefficient (Wildman–Crippen LogP) is 0.638. The second-order valence-corrected chi connectivity index (χ2v) is 5.81. The minimum Gasteiger partial charge on any atom is -0.269 e. The number of nitrogens with zero attached hydrogens (tertiary/aromatic N) is 2. The van der Waals surface area contributed by atoms with Crippen molar-refractivity contribution in [2.45, 2.75) is 24.8 Å². The Hall–Kier alpha value is -1.76. The van der Waals surface area contributed by atoms with Gasteiger partial charge in [-0.05, 0) is 25.7 Å². The van der Waals surface area contributed by atoms with Gasteiger partial charge >= 0.3 is 0 Å². The second-order valence-electron chi connectivity index (χ2n) is 4.18. The Morgan fingerprint density at radius 3 is 2.72 bits per heavy atom. The van der Waals surface area contributed by atoms with Crippen LogP contribution in [-0.2, 0) is 14.8 Å². The molecule has 1 N–H and O–H groups in total. The van der Waals surface area contributed by atoms with Crippen LogP contribution >= 0.6 is 0 Å². The van der Waals surface area contributed by atoms with E-state index in [-0.39, 0.29) is 5.03 Å². The fourth-order valence-corrected chi connectivity index (χ4v) is 2.33. The van der Waals surface area contributed by atoms with Crippen LogP contribution in [0, 0.1) is 5.92 Å². The lowest BCUT2D eigenvalue weighted by atomic mass is 10.2. The van der Waals surface area contributed by atoms with E-state index in [1.807, 2.05) is 11.6 Å². The van der Waals surface area contributed by atoms with Crippen molar-refractivity contribution in [1.29, 1.82) is 0 Å². The van der Waals surface area contributed by atoms with E-state index in [1.54, 1.807) is 0 Å². The first-order chi connectivity index (χ1) is 8.49. The first-order valence-corrected chi connectivity index (χ1v) is 6.98. The average molecular weight is 267 g/mol. The second kappa shape index (κ2) is 4.85. The molecule has 1 fully saturated rings. The molecular weight excluding hydrogens is 254 g/mol. The number of allylic oxidation sites excluding steroid dienone is 1. The molecule has 1 heterocycles. The Kier molecular flexibility index (Phi) is 3.42. The lowest BCUT2D eigenvalue weighted by Gasteiger charge is -2.03. The highest BCUT2D eigenvalue weighted by Crippen LogP contribution is 2.35. The summed E-state index contributed by atoms with van der Waals surface area (Å²) in [6.45, 7) is 1.83. The van der Waals surface area contributed by atoms with E-state index in [2.05, 4.69) is 9.97 Å².